The summed E-state index contributed by atoms with van der Waals surface area (Å²) >= 11 is 0. The van der Waals surface area contributed by atoms with E-state index in [2.05, 4.69) is 26.1 Å². The molecule has 0 fully saturated rings. The van der Waals surface area contributed by atoms with Gasteiger partial charge in [0.25, 0.3) is 0 Å². The molecule has 0 radical (unpaired) electrons. The molecule has 8 nitrogen and oxygen atoms in total. The lowest BCUT2D eigenvalue weighted by atomic mass is 10.0. The van der Waals surface area contributed by atoms with Crippen LogP contribution in [0.2, 0.25) is 0 Å². The molecule has 138 valence electrons. The number of hydrogen-bond acceptors (Lipinski definition) is 6. The minimum atomic E-state index is 0.525. The lowest BCUT2D eigenvalue weighted by Gasteiger charge is -2.07. The van der Waals surface area contributed by atoms with E-state index in [9.17, 15) is 5.26 Å². The number of nitriles is 1. The molecule has 5 rings (SSSR count). The van der Waals surface area contributed by atoms with E-state index in [4.69, 9.17) is 4.98 Å². The molecule has 1 aromatic carbocycles. The number of benzene rings is 1. The van der Waals surface area contributed by atoms with Crippen molar-refractivity contribution in [3.63, 3.8) is 0 Å². The van der Waals surface area contributed by atoms with Gasteiger partial charge in [0.2, 0.25) is 5.78 Å². The van der Waals surface area contributed by atoms with Gasteiger partial charge in [0.1, 0.15) is 12.7 Å². The van der Waals surface area contributed by atoms with Gasteiger partial charge in [-0.05, 0) is 24.3 Å². The number of fused-ring (bicyclic) bond motifs is 1. The molecule has 0 bridgehead atoms. The maximum atomic E-state index is 9.38. The first-order valence-corrected chi connectivity index (χ1v) is 8.94. The molecule has 0 N–H and O–H groups in total. The van der Waals surface area contributed by atoms with Crippen molar-refractivity contribution < 1.29 is 0 Å². The Morgan fingerprint density at radius 1 is 0.966 bits per heavy atom. The Kier molecular flexibility index (Phi) is 4.03. The van der Waals surface area contributed by atoms with Crippen molar-refractivity contribution in [2.75, 3.05) is 0 Å². The lowest BCUT2D eigenvalue weighted by Crippen LogP contribution is -2.04. The Morgan fingerprint density at radius 3 is 2.72 bits per heavy atom. The highest BCUT2D eigenvalue weighted by Crippen LogP contribution is 2.25. The van der Waals surface area contributed by atoms with Crippen molar-refractivity contribution >= 4 is 5.78 Å². The van der Waals surface area contributed by atoms with E-state index in [1.807, 2.05) is 53.1 Å². The molecule has 5 aromatic rings. The van der Waals surface area contributed by atoms with E-state index in [0.29, 0.717) is 17.9 Å². The Labute approximate surface area is 165 Å². The number of pyridine rings is 1. The highest BCUT2D eigenvalue weighted by atomic mass is 15.3. The summed E-state index contributed by atoms with van der Waals surface area (Å²) in [6.07, 6.45) is 6.82. The van der Waals surface area contributed by atoms with Crippen LogP contribution in [0.5, 0.6) is 0 Å². The highest BCUT2D eigenvalue weighted by molar-refractivity contribution is 5.70. The fourth-order valence-corrected chi connectivity index (χ4v) is 3.20. The van der Waals surface area contributed by atoms with Gasteiger partial charge in [-0.15, -0.1) is 0 Å². The number of nitrogens with zero attached hydrogens (tertiary/aromatic N) is 8. The van der Waals surface area contributed by atoms with Crippen LogP contribution >= 0.6 is 0 Å². The summed E-state index contributed by atoms with van der Waals surface area (Å²) in [5, 5.41) is 13.5. The molecule has 4 aromatic heterocycles. The Morgan fingerprint density at radius 2 is 1.86 bits per heavy atom. The first-order chi connectivity index (χ1) is 14.3. The molecular formula is C21H14N8. The fraction of sp³-hybridized carbons (Fsp3) is 0.0476. The van der Waals surface area contributed by atoms with Crippen LogP contribution in [0.25, 0.3) is 28.4 Å². The summed E-state index contributed by atoms with van der Waals surface area (Å²) < 4.78 is 3.60. The normalized spacial score (nSPS) is 10.9. The minimum Gasteiger partial charge on any atom is -0.282 e. The zero-order chi connectivity index (χ0) is 19.6. The molecule has 29 heavy (non-hydrogen) atoms. The van der Waals surface area contributed by atoms with E-state index in [-0.39, 0.29) is 0 Å². The minimum absolute atomic E-state index is 0.525. The third-order valence-corrected chi connectivity index (χ3v) is 4.56. The lowest BCUT2D eigenvalue weighted by molar-refractivity contribution is 0.670. The molecule has 0 aliphatic carbocycles. The molecule has 0 aliphatic heterocycles. The smallest absolute Gasteiger partial charge is 0.234 e. The van der Waals surface area contributed by atoms with Crippen LogP contribution < -0.4 is 0 Å². The second kappa shape index (κ2) is 6.98. The van der Waals surface area contributed by atoms with Gasteiger partial charge in [-0.25, -0.2) is 24.6 Å². The standard InChI is InChI=1S/C21H14N8/c22-10-15-4-1-2-5-17(15)18-6-3-7-19(27-18)20-11-24-21-26-16(8-9-29(20)21)12-28-14-23-13-25-28/h1-9,11,13-14H,12H2. The second-order valence-corrected chi connectivity index (χ2v) is 6.39. The van der Waals surface area contributed by atoms with E-state index in [0.717, 1.165) is 28.3 Å². The summed E-state index contributed by atoms with van der Waals surface area (Å²) in [7, 11) is 0. The fourth-order valence-electron chi connectivity index (χ4n) is 3.20. The Hall–Kier alpha value is -4.38. The molecule has 0 unspecified atom stereocenters. The van der Waals surface area contributed by atoms with Crippen LogP contribution in [-0.2, 0) is 6.54 Å². The molecular weight excluding hydrogens is 364 g/mol. The topological polar surface area (TPSA) is 97.6 Å². The van der Waals surface area contributed by atoms with Gasteiger partial charge in [-0.2, -0.15) is 10.4 Å². The molecule has 0 amide bonds. The number of aromatic nitrogens is 7. The van der Waals surface area contributed by atoms with Gasteiger partial charge in [0.15, 0.2) is 0 Å². The summed E-state index contributed by atoms with van der Waals surface area (Å²) in [4.78, 5) is 17.7. The van der Waals surface area contributed by atoms with Crippen LogP contribution in [0, 0.1) is 11.3 Å². The third kappa shape index (κ3) is 3.11. The van der Waals surface area contributed by atoms with Crippen molar-refractivity contribution in [1.82, 2.24) is 34.1 Å². The first-order valence-electron chi connectivity index (χ1n) is 8.94. The molecule has 0 saturated carbocycles. The van der Waals surface area contributed by atoms with Crippen LogP contribution in [0.1, 0.15) is 11.3 Å². The van der Waals surface area contributed by atoms with Gasteiger partial charge in [0, 0.05) is 11.8 Å². The van der Waals surface area contributed by atoms with E-state index < -0.39 is 0 Å². The summed E-state index contributed by atoms with van der Waals surface area (Å²) in [6.45, 7) is 0.525. The Bertz CT molecular complexity index is 1340. The molecule has 8 heteroatoms. The average molecular weight is 378 g/mol. The van der Waals surface area contributed by atoms with Crippen LogP contribution in [0.4, 0.5) is 0 Å². The quantitative estimate of drug-likeness (QED) is 0.477. The second-order valence-electron chi connectivity index (χ2n) is 6.39. The zero-order valence-electron chi connectivity index (χ0n) is 15.2. The first kappa shape index (κ1) is 16.8. The van der Waals surface area contributed by atoms with E-state index >= 15 is 0 Å². The maximum absolute atomic E-state index is 9.38. The van der Waals surface area contributed by atoms with Crippen molar-refractivity contribution in [1.29, 1.82) is 5.26 Å². The summed E-state index contributed by atoms with van der Waals surface area (Å²) in [5.74, 6) is 0.585. The molecule has 0 aliphatic rings. The summed E-state index contributed by atoms with van der Waals surface area (Å²) in [5.41, 5.74) is 4.56. The van der Waals surface area contributed by atoms with Gasteiger partial charge < -0.3 is 0 Å². The molecule has 4 heterocycles. The predicted molar refractivity (Wildman–Crippen MR) is 105 cm³/mol. The Balaban J connectivity index is 1.54. The average Bonchev–Trinajstić information content (AvgIpc) is 3.43. The largest absolute Gasteiger partial charge is 0.282 e. The monoisotopic (exact) mass is 378 g/mol. The van der Waals surface area contributed by atoms with Crippen molar-refractivity contribution in [3.05, 3.63) is 84.8 Å². The zero-order valence-corrected chi connectivity index (χ0v) is 15.2. The number of hydrogen-bond donors (Lipinski definition) is 0. The molecule has 0 saturated heterocycles. The van der Waals surface area contributed by atoms with Gasteiger partial charge >= 0.3 is 0 Å². The van der Waals surface area contributed by atoms with Crippen molar-refractivity contribution in [3.8, 4) is 28.7 Å². The van der Waals surface area contributed by atoms with Crippen LogP contribution in [0.15, 0.2) is 73.6 Å². The van der Waals surface area contributed by atoms with Gasteiger partial charge in [0.05, 0.1) is 47.1 Å². The SMILES string of the molecule is N#Cc1ccccc1-c1cccc(-c2cnc3nc(Cn4cncn4)ccn23)n1. The maximum Gasteiger partial charge on any atom is 0.234 e. The number of rotatable bonds is 4. The van der Waals surface area contributed by atoms with Gasteiger partial charge in [-0.1, -0.05) is 24.3 Å². The predicted octanol–water partition coefficient (Wildman–Crippen LogP) is 2.97. The van der Waals surface area contributed by atoms with Gasteiger partial charge in [-0.3, -0.25) is 4.40 Å². The molecule has 0 atom stereocenters. The van der Waals surface area contributed by atoms with Crippen LogP contribution in [0.3, 0.4) is 0 Å². The third-order valence-electron chi connectivity index (χ3n) is 4.56. The van der Waals surface area contributed by atoms with E-state index in [1.165, 1.54) is 6.33 Å². The van der Waals surface area contributed by atoms with E-state index in [1.54, 1.807) is 23.3 Å². The molecule has 0 spiro atoms. The van der Waals surface area contributed by atoms with Crippen LogP contribution in [-0.4, -0.2) is 34.1 Å². The van der Waals surface area contributed by atoms with Crippen molar-refractivity contribution in [2.45, 2.75) is 6.54 Å². The highest BCUT2D eigenvalue weighted by Gasteiger charge is 2.12. The van der Waals surface area contributed by atoms with Crippen molar-refractivity contribution in [2.24, 2.45) is 0 Å². The summed E-state index contributed by atoms with van der Waals surface area (Å²) in [6, 6.07) is 17.3. The number of imidazole rings is 1.